The molecule has 0 atom stereocenters. The minimum absolute atomic E-state index is 1.75. The smallest absolute Gasteiger partial charge is 0.171 e. The monoisotopic (exact) mass is 688 g/mol. The third kappa shape index (κ3) is 25.8. The Morgan fingerprint density at radius 2 is 0.833 bits per heavy atom. The normalized spacial score (nSPS) is 8.22. The summed E-state index contributed by atoms with van der Waals surface area (Å²) in [4.78, 5) is 0. The van der Waals surface area contributed by atoms with E-state index in [0.717, 1.165) is 0 Å². The number of rotatable bonds is 0. The predicted molar refractivity (Wildman–Crippen MR) is 74.0 cm³/mol. The predicted octanol–water partition coefficient (Wildman–Crippen LogP) is 5.73. The van der Waals surface area contributed by atoms with Crippen molar-refractivity contribution in [3.05, 3.63) is 72.8 Å². The van der Waals surface area contributed by atoms with Gasteiger partial charge < -0.3 is 0 Å². The second-order valence-corrected chi connectivity index (χ2v) is 11.7. The maximum atomic E-state index is 4.95. The standard InChI is InChI=1S/2C6H5.2Au.4ClH/c2*1-2-4-6-5-3-1;;;;;;/h2*1-5H;;;4*1H/q2*-1;+1;+3;;;;/p-4. The topological polar surface area (TPSA) is 0 Å². The van der Waals surface area contributed by atoms with Crippen molar-refractivity contribution in [2.24, 2.45) is 0 Å². The third-order valence-electron chi connectivity index (χ3n) is 1.21. The minimum atomic E-state index is -1.79. The van der Waals surface area contributed by atoms with Crippen LogP contribution in [0.15, 0.2) is 60.7 Å². The van der Waals surface area contributed by atoms with Crippen LogP contribution in [0, 0.1) is 12.1 Å². The van der Waals surface area contributed by atoms with E-state index < -0.39 is 15.2 Å². The van der Waals surface area contributed by atoms with Gasteiger partial charge in [0.15, 0.2) is 0 Å². The van der Waals surface area contributed by atoms with Gasteiger partial charge in [0, 0.05) is 0 Å². The quantitative estimate of drug-likeness (QED) is 0.245. The molecule has 0 aliphatic carbocycles. The molecule has 2 rings (SSSR count). The molecule has 0 aliphatic heterocycles. The average molecular weight is 690 g/mol. The second-order valence-electron chi connectivity index (χ2n) is 2.28. The van der Waals surface area contributed by atoms with Gasteiger partial charge in [-0.05, 0) is 0 Å². The molecule has 0 radical (unpaired) electrons. The second kappa shape index (κ2) is 20.4. The molecule has 110 valence electrons. The van der Waals surface area contributed by atoms with Gasteiger partial charge in [-0.25, -0.2) is 0 Å². The summed E-state index contributed by atoms with van der Waals surface area (Å²) < 4.78 is 0. The largest absolute Gasteiger partial charge is 0.184 e. The van der Waals surface area contributed by atoms with Crippen LogP contribution in [0.5, 0.6) is 0 Å². The van der Waals surface area contributed by atoms with Crippen LogP contribution in [0.2, 0.25) is 0 Å². The summed E-state index contributed by atoms with van der Waals surface area (Å²) in [6.45, 7) is 0. The van der Waals surface area contributed by atoms with E-state index in [4.69, 9.17) is 27.6 Å². The number of hydrogen-bond donors (Lipinski definition) is 0. The molecule has 2 aromatic carbocycles. The Balaban J connectivity index is 0. The van der Waals surface area contributed by atoms with Crippen LogP contribution >= 0.6 is 36.8 Å². The summed E-state index contributed by atoms with van der Waals surface area (Å²) in [5.74, 6) is 0. The summed E-state index contributed by atoms with van der Waals surface area (Å²) >= 11 is -0.0370. The Hall–Kier alpha value is 1.08. The van der Waals surface area contributed by atoms with E-state index >= 15 is 0 Å². The van der Waals surface area contributed by atoms with Crippen molar-refractivity contribution < 1.29 is 35.2 Å². The summed E-state index contributed by atoms with van der Waals surface area (Å²) in [5, 5.41) is 0. The first-order valence-electron chi connectivity index (χ1n) is 4.28. The fraction of sp³-hybridized carbons (Fsp3) is 0. The van der Waals surface area contributed by atoms with Crippen molar-refractivity contribution in [1.82, 2.24) is 0 Å². The molecule has 6 heteroatoms. The van der Waals surface area contributed by atoms with Crippen LogP contribution in [-0.2, 0) is 35.2 Å². The van der Waals surface area contributed by atoms with Gasteiger partial charge in [-0.15, -0.1) is 0 Å². The van der Waals surface area contributed by atoms with Crippen molar-refractivity contribution in [2.45, 2.75) is 0 Å². The molecule has 0 aliphatic rings. The van der Waals surface area contributed by atoms with E-state index in [1.807, 2.05) is 60.7 Å². The Morgan fingerprint density at radius 3 is 0.889 bits per heavy atom. The molecule has 0 aromatic heterocycles. The SMILES string of the molecule is [Cl][Au].[Cl][Au]([Cl])[Cl].[c-]1ccccc1.[c-]1ccccc1. The molecule has 0 fully saturated rings. The van der Waals surface area contributed by atoms with E-state index in [2.05, 4.69) is 21.3 Å². The molecule has 0 N–H and O–H groups in total. The zero-order chi connectivity index (χ0) is 14.1. The molecule has 0 saturated carbocycles. The molecule has 0 saturated heterocycles. The van der Waals surface area contributed by atoms with E-state index in [-0.39, 0.29) is 0 Å². The van der Waals surface area contributed by atoms with Crippen molar-refractivity contribution in [3.8, 4) is 0 Å². The van der Waals surface area contributed by atoms with E-state index in [9.17, 15) is 0 Å². The summed E-state index contributed by atoms with van der Waals surface area (Å²) in [6.07, 6.45) is 0. The third-order valence-corrected chi connectivity index (χ3v) is 1.21. The summed E-state index contributed by atoms with van der Waals surface area (Å²) in [5.41, 5.74) is 0. The Kier molecular flexibility index (Phi) is 24.2. The summed E-state index contributed by atoms with van der Waals surface area (Å²) in [7, 11) is 19.4. The van der Waals surface area contributed by atoms with Crippen LogP contribution in [0.1, 0.15) is 0 Å². The minimum Gasteiger partial charge on any atom is -0.184 e. The van der Waals surface area contributed by atoms with Gasteiger partial charge in [0.25, 0.3) is 0 Å². The van der Waals surface area contributed by atoms with E-state index in [0.29, 0.717) is 0 Å². The molecule has 0 nitrogen and oxygen atoms in total. The van der Waals surface area contributed by atoms with Crippen LogP contribution in [-0.4, -0.2) is 0 Å². The molecule has 18 heavy (non-hydrogen) atoms. The number of halogens is 4. The van der Waals surface area contributed by atoms with Gasteiger partial charge in [0.2, 0.25) is 0 Å². The molecular weight excluding hydrogens is 680 g/mol. The molecule has 0 bridgehead atoms. The summed E-state index contributed by atoms with van der Waals surface area (Å²) in [6, 6.07) is 25.0. The van der Waals surface area contributed by atoms with E-state index in [1.54, 1.807) is 20.0 Å². The molecule has 0 amide bonds. The van der Waals surface area contributed by atoms with Gasteiger partial charge in [0.05, 0.1) is 0 Å². The number of benzene rings is 2. The maximum Gasteiger partial charge on any atom is -0.171 e. The molecule has 0 spiro atoms. The van der Waals surface area contributed by atoms with E-state index in [1.165, 1.54) is 0 Å². The number of hydrogen-bond acceptors (Lipinski definition) is 0. The molecule has 2 aromatic rings. The van der Waals surface area contributed by atoms with Gasteiger partial charge in [-0.2, -0.15) is 72.8 Å². The van der Waals surface area contributed by atoms with Crippen LogP contribution in [0.25, 0.3) is 0 Å². The van der Waals surface area contributed by atoms with Crippen molar-refractivity contribution in [2.75, 3.05) is 0 Å². The Morgan fingerprint density at radius 1 is 0.611 bits per heavy atom. The fourth-order valence-electron chi connectivity index (χ4n) is 0.684. The van der Waals surface area contributed by atoms with Crippen molar-refractivity contribution >= 4 is 36.8 Å². The zero-order valence-corrected chi connectivity index (χ0v) is 16.2. The Labute approximate surface area is 143 Å². The van der Waals surface area contributed by atoms with Crippen LogP contribution < -0.4 is 0 Å². The first-order chi connectivity index (χ1) is 8.73. The van der Waals surface area contributed by atoms with Crippen LogP contribution in [0.3, 0.4) is 0 Å². The van der Waals surface area contributed by atoms with Gasteiger partial charge >= 0.3 is 71.9 Å². The zero-order valence-electron chi connectivity index (χ0n) is 8.89. The molecule has 0 unspecified atom stereocenters. The first kappa shape index (κ1) is 21.4. The molecular formula is C12H10Au2Cl4-2. The fourth-order valence-corrected chi connectivity index (χ4v) is 0.684. The van der Waals surface area contributed by atoms with Gasteiger partial charge in [-0.1, -0.05) is 0 Å². The first-order valence-corrected chi connectivity index (χ1v) is 15.0. The van der Waals surface area contributed by atoms with Gasteiger partial charge in [0.1, 0.15) is 0 Å². The van der Waals surface area contributed by atoms with Crippen molar-refractivity contribution in [1.29, 1.82) is 0 Å². The van der Waals surface area contributed by atoms with Gasteiger partial charge in [-0.3, -0.25) is 0 Å². The Bertz CT molecular complexity index is 232. The molecule has 0 heterocycles. The average Bonchev–Trinajstić information content (AvgIpc) is 2.45. The maximum absolute atomic E-state index is 4.95. The van der Waals surface area contributed by atoms with Crippen LogP contribution in [0.4, 0.5) is 0 Å². The van der Waals surface area contributed by atoms with Crippen molar-refractivity contribution in [3.63, 3.8) is 0 Å².